The highest BCUT2D eigenvalue weighted by Gasteiger charge is 2.39. The van der Waals surface area contributed by atoms with Gasteiger partial charge in [0.1, 0.15) is 11.1 Å². The van der Waals surface area contributed by atoms with E-state index >= 15 is 0 Å². The molecule has 0 radical (unpaired) electrons. The summed E-state index contributed by atoms with van der Waals surface area (Å²) in [4.78, 5) is 47.9. The molecule has 1 saturated heterocycles. The van der Waals surface area contributed by atoms with Crippen molar-refractivity contribution in [2.75, 3.05) is 10.2 Å². The number of nitro groups is 1. The molecule has 0 aromatic heterocycles. The monoisotopic (exact) mass is 387 g/mol. The van der Waals surface area contributed by atoms with Crippen LogP contribution in [0.4, 0.5) is 17.1 Å². The molecule has 0 bridgehead atoms. The zero-order chi connectivity index (χ0) is 19.7. The van der Waals surface area contributed by atoms with Crippen molar-refractivity contribution in [3.63, 3.8) is 0 Å². The molecule has 1 unspecified atom stereocenters. The van der Waals surface area contributed by atoms with E-state index in [4.69, 9.17) is 11.6 Å². The molecule has 1 heterocycles. The Balaban J connectivity index is 1.84. The Bertz CT molecular complexity index is 975. The van der Waals surface area contributed by atoms with Crippen molar-refractivity contribution in [1.82, 2.24) is 0 Å². The lowest BCUT2D eigenvalue weighted by Gasteiger charge is -2.16. The molecule has 1 fully saturated rings. The molecule has 1 aliphatic rings. The summed E-state index contributed by atoms with van der Waals surface area (Å²) in [5.74, 6) is -1.11. The lowest BCUT2D eigenvalue weighted by atomic mass is 10.1. The summed E-state index contributed by atoms with van der Waals surface area (Å²) >= 11 is 5.78. The van der Waals surface area contributed by atoms with Gasteiger partial charge in [-0.25, -0.2) is 4.90 Å². The maximum absolute atomic E-state index is 12.7. The number of rotatable bonds is 5. The van der Waals surface area contributed by atoms with Crippen LogP contribution in [0.1, 0.15) is 23.7 Å². The average Bonchev–Trinajstić information content (AvgIpc) is 2.90. The number of nitrogens with zero attached hydrogens (tertiary/aromatic N) is 2. The molecule has 0 aliphatic carbocycles. The zero-order valence-corrected chi connectivity index (χ0v) is 14.9. The van der Waals surface area contributed by atoms with Crippen molar-refractivity contribution in [2.45, 2.75) is 19.4 Å². The summed E-state index contributed by atoms with van der Waals surface area (Å²) in [7, 11) is 0. The third-order valence-corrected chi connectivity index (χ3v) is 4.46. The molecule has 1 N–H and O–H groups in total. The molecule has 1 atom stereocenters. The van der Waals surface area contributed by atoms with E-state index in [0.717, 1.165) is 4.90 Å². The van der Waals surface area contributed by atoms with E-state index < -0.39 is 22.8 Å². The Labute approximate surface area is 158 Å². The standard InChI is InChI=1S/C18H14ClN3O5/c1-10(23)11-3-2-4-13(7-11)21-17(24)9-15(18(21)25)20-12-5-6-14(19)16(8-12)22(26)27/h2-8,15,20H,9H2,1H3. The van der Waals surface area contributed by atoms with Gasteiger partial charge in [-0.15, -0.1) is 0 Å². The van der Waals surface area contributed by atoms with Crippen LogP contribution in [-0.2, 0) is 9.59 Å². The normalized spacial score (nSPS) is 16.5. The minimum Gasteiger partial charge on any atom is -0.373 e. The van der Waals surface area contributed by atoms with Crippen molar-refractivity contribution < 1.29 is 19.3 Å². The van der Waals surface area contributed by atoms with E-state index in [1.54, 1.807) is 18.2 Å². The van der Waals surface area contributed by atoms with Crippen molar-refractivity contribution in [3.05, 3.63) is 63.2 Å². The second-order valence-corrected chi connectivity index (χ2v) is 6.41. The number of hydrogen-bond acceptors (Lipinski definition) is 6. The van der Waals surface area contributed by atoms with Gasteiger partial charge in [0, 0.05) is 17.3 Å². The number of anilines is 2. The number of nitro benzene ring substituents is 1. The topological polar surface area (TPSA) is 110 Å². The van der Waals surface area contributed by atoms with Crippen LogP contribution in [0.25, 0.3) is 0 Å². The van der Waals surface area contributed by atoms with Crippen LogP contribution in [0.3, 0.4) is 0 Å². The van der Waals surface area contributed by atoms with Gasteiger partial charge in [0.15, 0.2) is 5.78 Å². The van der Waals surface area contributed by atoms with Crippen LogP contribution in [0.15, 0.2) is 42.5 Å². The van der Waals surface area contributed by atoms with E-state index in [0.29, 0.717) is 16.9 Å². The molecule has 2 aromatic carbocycles. The van der Waals surface area contributed by atoms with Gasteiger partial charge in [0.05, 0.1) is 17.0 Å². The quantitative estimate of drug-likeness (QED) is 0.365. The minimum absolute atomic E-state index is 0.0259. The van der Waals surface area contributed by atoms with E-state index in [-0.39, 0.29) is 22.9 Å². The fraction of sp³-hybridized carbons (Fsp3) is 0.167. The molecular weight excluding hydrogens is 374 g/mol. The summed E-state index contributed by atoms with van der Waals surface area (Å²) in [6.45, 7) is 1.39. The first-order valence-corrected chi connectivity index (χ1v) is 8.34. The van der Waals surface area contributed by atoms with E-state index in [1.807, 2.05) is 0 Å². The second kappa shape index (κ2) is 7.16. The highest BCUT2D eigenvalue weighted by molar-refractivity contribution is 6.32. The number of imide groups is 1. The molecule has 1 aliphatic heterocycles. The number of Topliss-reactive ketones (excluding diaryl/α,β-unsaturated/α-hetero) is 1. The molecule has 2 aromatic rings. The Morgan fingerprint density at radius 3 is 2.67 bits per heavy atom. The van der Waals surface area contributed by atoms with Crippen LogP contribution in [-0.4, -0.2) is 28.6 Å². The molecular formula is C18H14ClN3O5. The Morgan fingerprint density at radius 2 is 2.00 bits per heavy atom. The minimum atomic E-state index is -0.876. The zero-order valence-electron chi connectivity index (χ0n) is 14.1. The van der Waals surface area contributed by atoms with Crippen LogP contribution in [0.2, 0.25) is 5.02 Å². The predicted molar refractivity (Wildman–Crippen MR) is 99.1 cm³/mol. The second-order valence-electron chi connectivity index (χ2n) is 6.00. The Kier molecular flexibility index (Phi) is 4.91. The first-order chi connectivity index (χ1) is 12.8. The number of carbonyl (C=O) groups excluding carboxylic acids is 3. The number of hydrogen-bond donors (Lipinski definition) is 1. The van der Waals surface area contributed by atoms with Crippen LogP contribution >= 0.6 is 11.6 Å². The van der Waals surface area contributed by atoms with Gasteiger partial charge in [-0.1, -0.05) is 23.7 Å². The van der Waals surface area contributed by atoms with E-state index in [2.05, 4.69) is 5.32 Å². The Morgan fingerprint density at radius 1 is 1.26 bits per heavy atom. The number of nitrogens with one attached hydrogen (secondary N) is 1. The number of amides is 2. The number of carbonyl (C=O) groups is 3. The lowest BCUT2D eigenvalue weighted by Crippen LogP contribution is -2.34. The molecule has 8 nitrogen and oxygen atoms in total. The molecule has 27 heavy (non-hydrogen) atoms. The van der Waals surface area contributed by atoms with Gasteiger partial charge in [-0.3, -0.25) is 24.5 Å². The van der Waals surface area contributed by atoms with Gasteiger partial charge >= 0.3 is 0 Å². The highest BCUT2D eigenvalue weighted by atomic mass is 35.5. The third kappa shape index (κ3) is 3.65. The first kappa shape index (κ1) is 18.5. The van der Waals surface area contributed by atoms with E-state index in [1.165, 1.54) is 31.2 Å². The van der Waals surface area contributed by atoms with Gasteiger partial charge in [0.25, 0.3) is 11.6 Å². The first-order valence-electron chi connectivity index (χ1n) is 7.96. The lowest BCUT2D eigenvalue weighted by molar-refractivity contribution is -0.384. The number of halogens is 1. The van der Waals surface area contributed by atoms with Crippen molar-refractivity contribution >= 4 is 46.3 Å². The summed E-state index contributed by atoms with van der Waals surface area (Å²) in [5, 5.41) is 13.8. The highest BCUT2D eigenvalue weighted by Crippen LogP contribution is 2.30. The maximum atomic E-state index is 12.7. The number of ketones is 1. The van der Waals surface area contributed by atoms with Gasteiger partial charge in [-0.2, -0.15) is 0 Å². The Hall–Kier alpha value is -3.26. The predicted octanol–water partition coefficient (Wildman–Crippen LogP) is 3.19. The third-order valence-electron chi connectivity index (χ3n) is 4.14. The molecule has 2 amide bonds. The van der Waals surface area contributed by atoms with Crippen LogP contribution in [0, 0.1) is 10.1 Å². The fourth-order valence-electron chi connectivity index (χ4n) is 2.82. The summed E-state index contributed by atoms with van der Waals surface area (Å²) in [5.41, 5.74) is 0.697. The van der Waals surface area contributed by atoms with Crippen molar-refractivity contribution in [3.8, 4) is 0 Å². The fourth-order valence-corrected chi connectivity index (χ4v) is 3.01. The smallest absolute Gasteiger partial charge is 0.289 e. The largest absolute Gasteiger partial charge is 0.373 e. The molecule has 138 valence electrons. The molecule has 0 saturated carbocycles. The van der Waals surface area contributed by atoms with Crippen molar-refractivity contribution in [1.29, 1.82) is 0 Å². The summed E-state index contributed by atoms with van der Waals surface area (Å²) in [6.07, 6.45) is -0.112. The molecule has 3 rings (SSSR count). The van der Waals surface area contributed by atoms with Crippen LogP contribution < -0.4 is 10.2 Å². The molecule has 9 heteroatoms. The number of benzene rings is 2. The van der Waals surface area contributed by atoms with Gasteiger partial charge in [-0.05, 0) is 31.2 Å². The maximum Gasteiger partial charge on any atom is 0.289 e. The average molecular weight is 388 g/mol. The summed E-state index contributed by atoms with van der Waals surface area (Å²) < 4.78 is 0. The van der Waals surface area contributed by atoms with E-state index in [9.17, 15) is 24.5 Å². The summed E-state index contributed by atoms with van der Waals surface area (Å²) in [6, 6.07) is 9.41. The molecule has 0 spiro atoms. The van der Waals surface area contributed by atoms with Gasteiger partial charge in [0.2, 0.25) is 5.91 Å². The van der Waals surface area contributed by atoms with Gasteiger partial charge < -0.3 is 5.32 Å². The SMILES string of the molecule is CC(=O)c1cccc(N2C(=O)CC(Nc3ccc(Cl)c([N+](=O)[O-])c3)C2=O)c1. The van der Waals surface area contributed by atoms with Crippen molar-refractivity contribution in [2.24, 2.45) is 0 Å². The van der Waals surface area contributed by atoms with Crippen LogP contribution in [0.5, 0.6) is 0 Å².